The van der Waals surface area contributed by atoms with Gasteiger partial charge in [0.1, 0.15) is 11.9 Å². The van der Waals surface area contributed by atoms with Crippen LogP contribution in [0.4, 0.5) is 10.1 Å². The Bertz CT molecular complexity index is 1030. The van der Waals surface area contributed by atoms with Crippen LogP contribution in [0.5, 0.6) is 11.5 Å². The van der Waals surface area contributed by atoms with Crippen LogP contribution in [0.25, 0.3) is 0 Å². The second kappa shape index (κ2) is 8.50. The molecule has 1 aromatic heterocycles. The molecule has 0 aliphatic carbocycles. The van der Waals surface area contributed by atoms with Crippen molar-refractivity contribution >= 4 is 5.69 Å². The molecule has 1 N–H and O–H groups in total. The van der Waals surface area contributed by atoms with Crippen molar-refractivity contribution < 1.29 is 18.8 Å². The first-order chi connectivity index (χ1) is 15.2. The maximum atomic E-state index is 13.2. The number of hydrogen-bond donors (Lipinski definition) is 1. The topological polar surface area (TPSA) is 69.7 Å². The smallest absolute Gasteiger partial charge is 0.231 e. The minimum atomic E-state index is -0.201. The third-order valence-electron chi connectivity index (χ3n) is 6.14. The van der Waals surface area contributed by atoms with Gasteiger partial charge in [-0.2, -0.15) is 0 Å². The molecule has 0 amide bonds. The quantitative estimate of drug-likeness (QED) is 0.645. The minimum absolute atomic E-state index is 0.201. The number of nitrogens with zero attached hydrogens (tertiary/aromatic N) is 5. The average Bonchev–Trinajstić information content (AvgIpc) is 3.45. The van der Waals surface area contributed by atoms with Crippen molar-refractivity contribution in [1.82, 2.24) is 20.2 Å². The molecule has 5 rings (SSSR count). The van der Waals surface area contributed by atoms with Gasteiger partial charge < -0.3 is 19.3 Å². The summed E-state index contributed by atoms with van der Waals surface area (Å²) in [6.07, 6.45) is 0.952. The van der Waals surface area contributed by atoms with E-state index in [4.69, 9.17) is 9.47 Å². The van der Waals surface area contributed by atoms with Gasteiger partial charge in [0.2, 0.25) is 12.6 Å². The predicted molar refractivity (Wildman–Crippen MR) is 112 cm³/mol. The summed E-state index contributed by atoms with van der Waals surface area (Å²) in [5, 5.41) is 12.6. The van der Waals surface area contributed by atoms with E-state index in [1.165, 1.54) is 17.0 Å². The van der Waals surface area contributed by atoms with Crippen molar-refractivity contribution in [1.29, 1.82) is 0 Å². The summed E-state index contributed by atoms with van der Waals surface area (Å²) in [4.78, 5) is 3.79. The molecule has 2 aromatic carbocycles. The van der Waals surface area contributed by atoms with E-state index >= 15 is 0 Å². The third-order valence-corrected chi connectivity index (χ3v) is 6.14. The molecular formula is C22H26FN6O2+. The Labute approximate surface area is 180 Å². The molecular weight excluding hydrogens is 399 g/mol. The van der Waals surface area contributed by atoms with Crippen LogP contribution >= 0.6 is 0 Å². The maximum absolute atomic E-state index is 13.2. The SMILES string of the molecule is CC[C@@H](c1nnnn1Cc1ccc2c(c1)OCO2)[NH+]1CCN(c2ccc(F)cc2)CC1. The molecule has 162 valence electrons. The molecule has 8 nitrogen and oxygen atoms in total. The van der Waals surface area contributed by atoms with Gasteiger partial charge in [0.05, 0.1) is 32.7 Å². The number of ether oxygens (including phenoxy) is 2. The van der Waals surface area contributed by atoms with E-state index in [9.17, 15) is 4.39 Å². The fraction of sp³-hybridized carbons (Fsp3) is 0.409. The Hall–Kier alpha value is -3.20. The van der Waals surface area contributed by atoms with Gasteiger partial charge >= 0.3 is 0 Å². The van der Waals surface area contributed by atoms with Crippen LogP contribution in [0, 0.1) is 5.82 Å². The summed E-state index contributed by atoms with van der Waals surface area (Å²) in [6, 6.07) is 12.9. The van der Waals surface area contributed by atoms with Gasteiger partial charge in [-0.05, 0) is 52.4 Å². The Morgan fingerprint density at radius 1 is 1.06 bits per heavy atom. The summed E-state index contributed by atoms with van der Waals surface area (Å²) in [6.45, 7) is 6.83. The number of nitrogens with one attached hydrogen (secondary N) is 1. The average molecular weight is 425 g/mol. The van der Waals surface area contributed by atoms with E-state index in [1.807, 2.05) is 35.0 Å². The second-order valence-electron chi connectivity index (χ2n) is 7.96. The molecule has 3 aromatic rings. The number of anilines is 1. The highest BCUT2D eigenvalue weighted by molar-refractivity contribution is 5.46. The van der Waals surface area contributed by atoms with Gasteiger partial charge in [-0.25, -0.2) is 9.07 Å². The third kappa shape index (κ3) is 4.05. The molecule has 3 heterocycles. The number of hydrogen-bond acceptors (Lipinski definition) is 6. The summed E-state index contributed by atoms with van der Waals surface area (Å²) in [7, 11) is 0. The molecule has 0 unspecified atom stereocenters. The lowest BCUT2D eigenvalue weighted by Crippen LogP contribution is -3.15. The minimum Gasteiger partial charge on any atom is -0.454 e. The second-order valence-corrected chi connectivity index (χ2v) is 7.96. The number of halogens is 1. The van der Waals surface area contributed by atoms with Gasteiger partial charge in [-0.3, -0.25) is 0 Å². The van der Waals surface area contributed by atoms with E-state index in [0.29, 0.717) is 6.54 Å². The molecule has 1 fully saturated rings. The molecule has 0 saturated carbocycles. The monoisotopic (exact) mass is 425 g/mol. The number of benzene rings is 2. The Balaban J connectivity index is 1.28. The van der Waals surface area contributed by atoms with E-state index in [-0.39, 0.29) is 18.7 Å². The molecule has 1 atom stereocenters. The molecule has 0 bridgehead atoms. The summed E-state index contributed by atoms with van der Waals surface area (Å²) in [5.74, 6) is 2.25. The van der Waals surface area contributed by atoms with Crippen molar-refractivity contribution in [2.45, 2.75) is 25.9 Å². The highest BCUT2D eigenvalue weighted by Crippen LogP contribution is 2.32. The summed E-state index contributed by atoms with van der Waals surface area (Å²) in [5.41, 5.74) is 2.14. The first kappa shape index (κ1) is 19.7. The lowest BCUT2D eigenvalue weighted by molar-refractivity contribution is -0.933. The molecule has 2 aliphatic rings. The van der Waals surface area contributed by atoms with Crippen molar-refractivity contribution in [3.05, 3.63) is 59.7 Å². The number of rotatable bonds is 6. The van der Waals surface area contributed by atoms with Crippen LogP contribution in [-0.2, 0) is 6.54 Å². The largest absolute Gasteiger partial charge is 0.454 e. The van der Waals surface area contributed by atoms with E-state index in [0.717, 1.165) is 61.2 Å². The van der Waals surface area contributed by atoms with Crippen LogP contribution in [-0.4, -0.2) is 53.2 Å². The normalized spacial score (nSPS) is 17.2. The van der Waals surface area contributed by atoms with Gasteiger partial charge in [0.15, 0.2) is 11.5 Å². The summed E-state index contributed by atoms with van der Waals surface area (Å²) < 4.78 is 26.0. The first-order valence-corrected chi connectivity index (χ1v) is 10.7. The molecule has 0 spiro atoms. The van der Waals surface area contributed by atoms with Crippen LogP contribution < -0.4 is 19.3 Å². The zero-order chi connectivity index (χ0) is 21.2. The number of quaternary nitrogens is 1. The molecule has 31 heavy (non-hydrogen) atoms. The predicted octanol–water partition coefficient (Wildman–Crippen LogP) is 1.45. The van der Waals surface area contributed by atoms with E-state index < -0.39 is 0 Å². The highest BCUT2D eigenvalue weighted by atomic mass is 19.1. The van der Waals surface area contributed by atoms with E-state index in [2.05, 4.69) is 27.3 Å². The highest BCUT2D eigenvalue weighted by Gasteiger charge is 2.31. The van der Waals surface area contributed by atoms with Gasteiger partial charge in [0, 0.05) is 12.1 Å². The lowest BCUT2D eigenvalue weighted by atomic mass is 10.1. The Kier molecular flexibility index (Phi) is 5.42. The van der Waals surface area contributed by atoms with Crippen molar-refractivity contribution in [2.24, 2.45) is 0 Å². The van der Waals surface area contributed by atoms with Crippen LogP contribution in [0.3, 0.4) is 0 Å². The molecule has 9 heteroatoms. The maximum Gasteiger partial charge on any atom is 0.231 e. The molecule has 0 radical (unpaired) electrons. The van der Waals surface area contributed by atoms with Crippen molar-refractivity contribution in [2.75, 3.05) is 37.9 Å². The van der Waals surface area contributed by atoms with Crippen LogP contribution in [0.15, 0.2) is 42.5 Å². The fourth-order valence-corrected chi connectivity index (χ4v) is 4.49. The standard InChI is InChI=1S/C22H25FN6O2/c1-2-19(28-11-9-27(10-12-28)18-6-4-17(23)5-7-18)22-24-25-26-29(22)14-16-3-8-20-21(13-16)31-15-30-20/h3-8,13,19H,2,9-12,14-15H2,1H3/p+1/t19-/m0/s1. The number of aromatic nitrogens is 4. The van der Waals surface area contributed by atoms with Gasteiger partial charge in [-0.15, -0.1) is 5.10 Å². The van der Waals surface area contributed by atoms with Crippen molar-refractivity contribution in [3.63, 3.8) is 0 Å². The number of fused-ring (bicyclic) bond motifs is 1. The zero-order valence-corrected chi connectivity index (χ0v) is 17.5. The number of tetrazole rings is 1. The Morgan fingerprint density at radius 3 is 2.61 bits per heavy atom. The van der Waals surface area contributed by atoms with Crippen molar-refractivity contribution in [3.8, 4) is 11.5 Å². The van der Waals surface area contributed by atoms with E-state index in [1.54, 1.807) is 0 Å². The lowest BCUT2D eigenvalue weighted by Gasteiger charge is -2.36. The fourth-order valence-electron chi connectivity index (χ4n) is 4.49. The van der Waals surface area contributed by atoms with Gasteiger partial charge in [-0.1, -0.05) is 13.0 Å². The summed E-state index contributed by atoms with van der Waals surface area (Å²) >= 11 is 0. The zero-order valence-electron chi connectivity index (χ0n) is 17.5. The number of piperazine rings is 1. The Morgan fingerprint density at radius 2 is 1.84 bits per heavy atom. The van der Waals surface area contributed by atoms with Gasteiger partial charge in [0.25, 0.3) is 0 Å². The van der Waals surface area contributed by atoms with Crippen LogP contribution in [0.1, 0.15) is 30.8 Å². The van der Waals surface area contributed by atoms with Crippen LogP contribution in [0.2, 0.25) is 0 Å². The molecule has 1 saturated heterocycles. The molecule has 2 aliphatic heterocycles. The first-order valence-electron chi connectivity index (χ1n) is 10.7.